The van der Waals surface area contributed by atoms with E-state index >= 15 is 0 Å². The third-order valence-corrected chi connectivity index (χ3v) is 2.81. The highest BCUT2D eigenvalue weighted by molar-refractivity contribution is 5.27. The Morgan fingerprint density at radius 2 is 2.29 bits per heavy atom. The van der Waals surface area contributed by atoms with Gasteiger partial charge in [-0.1, -0.05) is 0 Å². The Morgan fingerprint density at radius 3 is 2.79 bits per heavy atom. The van der Waals surface area contributed by atoms with Crippen molar-refractivity contribution in [2.24, 2.45) is 5.73 Å². The van der Waals surface area contributed by atoms with Gasteiger partial charge < -0.3 is 5.73 Å². The molecule has 2 unspecified atom stereocenters. The maximum absolute atomic E-state index is 8.63. The molecule has 0 radical (unpaired) electrons. The van der Waals surface area contributed by atoms with Crippen LogP contribution in [0.5, 0.6) is 0 Å². The van der Waals surface area contributed by atoms with E-state index in [0.717, 1.165) is 25.0 Å². The molecule has 3 heteroatoms. The molecule has 1 aromatic heterocycles. The van der Waals surface area contributed by atoms with Crippen LogP contribution in [0.3, 0.4) is 0 Å². The Balaban J connectivity index is 2.14. The van der Waals surface area contributed by atoms with Crippen LogP contribution < -0.4 is 5.73 Å². The quantitative estimate of drug-likeness (QED) is 0.725. The van der Waals surface area contributed by atoms with E-state index in [0.29, 0.717) is 17.5 Å². The van der Waals surface area contributed by atoms with E-state index in [1.807, 2.05) is 12.1 Å². The van der Waals surface area contributed by atoms with Crippen LogP contribution in [0.2, 0.25) is 0 Å². The van der Waals surface area contributed by atoms with Crippen molar-refractivity contribution in [1.29, 1.82) is 5.26 Å². The first kappa shape index (κ1) is 9.17. The lowest BCUT2D eigenvalue weighted by molar-refractivity contribution is 0.662. The molecule has 0 aromatic carbocycles. The standard InChI is InChI=1S/C11H13N3/c12-6-8-1-4-11(14-7-8)9-2-3-10(13)5-9/h1,4,7,9-10H,2-3,5,13H2. The van der Waals surface area contributed by atoms with Gasteiger partial charge in [0.25, 0.3) is 0 Å². The summed E-state index contributed by atoms with van der Waals surface area (Å²) in [6, 6.07) is 6.17. The van der Waals surface area contributed by atoms with Crippen molar-refractivity contribution in [2.75, 3.05) is 0 Å². The van der Waals surface area contributed by atoms with Crippen LogP contribution in [0.1, 0.15) is 36.4 Å². The highest BCUT2D eigenvalue weighted by atomic mass is 14.7. The predicted octanol–water partition coefficient (Wildman–Crippen LogP) is 1.55. The van der Waals surface area contributed by atoms with Crippen LogP contribution in [0.15, 0.2) is 18.3 Å². The van der Waals surface area contributed by atoms with E-state index in [9.17, 15) is 0 Å². The first-order valence-corrected chi connectivity index (χ1v) is 4.91. The molecule has 0 amide bonds. The molecule has 1 aromatic rings. The van der Waals surface area contributed by atoms with Crippen molar-refractivity contribution in [3.63, 3.8) is 0 Å². The van der Waals surface area contributed by atoms with Gasteiger partial charge in [-0.25, -0.2) is 0 Å². The molecule has 3 nitrogen and oxygen atoms in total. The number of aromatic nitrogens is 1. The van der Waals surface area contributed by atoms with Gasteiger partial charge in [-0.15, -0.1) is 0 Å². The predicted molar refractivity (Wildman–Crippen MR) is 53.5 cm³/mol. The smallest absolute Gasteiger partial charge is 0.101 e. The average molecular weight is 187 g/mol. The number of rotatable bonds is 1. The molecule has 72 valence electrons. The fourth-order valence-corrected chi connectivity index (χ4v) is 2.00. The zero-order valence-corrected chi connectivity index (χ0v) is 7.98. The lowest BCUT2D eigenvalue weighted by Crippen LogP contribution is -2.14. The molecular formula is C11H13N3. The number of hydrogen-bond donors (Lipinski definition) is 1. The molecule has 2 rings (SSSR count). The van der Waals surface area contributed by atoms with Crippen molar-refractivity contribution in [1.82, 2.24) is 4.98 Å². The van der Waals surface area contributed by atoms with Crippen molar-refractivity contribution in [2.45, 2.75) is 31.2 Å². The maximum atomic E-state index is 8.63. The molecule has 1 saturated carbocycles. The van der Waals surface area contributed by atoms with Crippen molar-refractivity contribution < 1.29 is 0 Å². The molecule has 0 saturated heterocycles. The summed E-state index contributed by atoms with van der Waals surface area (Å²) in [7, 11) is 0. The van der Waals surface area contributed by atoms with Gasteiger partial charge in [-0.3, -0.25) is 4.98 Å². The lowest BCUT2D eigenvalue weighted by atomic mass is 10.0. The zero-order chi connectivity index (χ0) is 9.97. The Hall–Kier alpha value is -1.40. The molecule has 2 N–H and O–H groups in total. The minimum Gasteiger partial charge on any atom is -0.328 e. The fraction of sp³-hybridized carbons (Fsp3) is 0.455. The number of pyridine rings is 1. The summed E-state index contributed by atoms with van der Waals surface area (Å²) >= 11 is 0. The topological polar surface area (TPSA) is 62.7 Å². The van der Waals surface area contributed by atoms with Crippen molar-refractivity contribution in [3.05, 3.63) is 29.6 Å². The summed E-state index contributed by atoms with van der Waals surface area (Å²) < 4.78 is 0. The summed E-state index contributed by atoms with van der Waals surface area (Å²) in [5, 5.41) is 8.63. The van der Waals surface area contributed by atoms with E-state index in [1.165, 1.54) is 0 Å². The van der Waals surface area contributed by atoms with Gasteiger partial charge in [-0.2, -0.15) is 5.26 Å². The second-order valence-electron chi connectivity index (χ2n) is 3.85. The number of nitriles is 1. The van der Waals surface area contributed by atoms with Gasteiger partial charge in [0.05, 0.1) is 5.56 Å². The summed E-state index contributed by atoms with van der Waals surface area (Å²) in [5.74, 6) is 0.498. The van der Waals surface area contributed by atoms with Crippen LogP contribution in [0, 0.1) is 11.3 Å². The SMILES string of the molecule is N#Cc1ccc(C2CCC(N)C2)nc1. The Labute approximate surface area is 83.6 Å². The zero-order valence-electron chi connectivity index (χ0n) is 7.98. The third kappa shape index (κ3) is 1.75. The van der Waals surface area contributed by atoms with Gasteiger partial charge in [0.2, 0.25) is 0 Å². The first-order valence-electron chi connectivity index (χ1n) is 4.91. The van der Waals surface area contributed by atoms with Crippen molar-refractivity contribution in [3.8, 4) is 6.07 Å². The summed E-state index contributed by atoms with van der Waals surface area (Å²) in [4.78, 5) is 4.29. The fourth-order valence-electron chi connectivity index (χ4n) is 2.00. The second kappa shape index (κ2) is 3.77. The van der Waals surface area contributed by atoms with Crippen LogP contribution in [-0.4, -0.2) is 11.0 Å². The number of nitrogens with zero attached hydrogens (tertiary/aromatic N) is 2. The number of nitrogens with two attached hydrogens (primary N) is 1. The van der Waals surface area contributed by atoms with Crippen LogP contribution in [0.4, 0.5) is 0 Å². The minimum absolute atomic E-state index is 0.331. The highest BCUT2D eigenvalue weighted by Gasteiger charge is 2.23. The molecule has 1 heterocycles. The summed E-state index contributed by atoms with van der Waals surface area (Å²) in [6.45, 7) is 0. The highest BCUT2D eigenvalue weighted by Crippen LogP contribution is 2.32. The van der Waals surface area contributed by atoms with Crippen LogP contribution in [0.25, 0.3) is 0 Å². The molecular weight excluding hydrogens is 174 g/mol. The largest absolute Gasteiger partial charge is 0.328 e. The molecule has 2 atom stereocenters. The minimum atomic E-state index is 0.331. The van der Waals surface area contributed by atoms with Gasteiger partial charge in [0.1, 0.15) is 6.07 Å². The molecule has 14 heavy (non-hydrogen) atoms. The van der Waals surface area contributed by atoms with Crippen molar-refractivity contribution >= 4 is 0 Å². The molecule has 1 aliphatic carbocycles. The van der Waals surface area contributed by atoms with Gasteiger partial charge >= 0.3 is 0 Å². The molecule has 0 spiro atoms. The second-order valence-corrected chi connectivity index (χ2v) is 3.85. The lowest BCUT2D eigenvalue weighted by Gasteiger charge is -2.07. The average Bonchev–Trinajstić information content (AvgIpc) is 2.65. The van der Waals surface area contributed by atoms with Crippen LogP contribution >= 0.6 is 0 Å². The molecule has 0 aliphatic heterocycles. The van der Waals surface area contributed by atoms with E-state index in [-0.39, 0.29) is 0 Å². The summed E-state index contributed by atoms with van der Waals surface area (Å²) in [6.07, 6.45) is 4.88. The Kier molecular flexibility index (Phi) is 2.47. The molecule has 0 bridgehead atoms. The van der Waals surface area contributed by atoms with E-state index in [2.05, 4.69) is 11.1 Å². The van der Waals surface area contributed by atoms with E-state index in [1.54, 1.807) is 6.20 Å². The van der Waals surface area contributed by atoms with Gasteiger partial charge in [0.15, 0.2) is 0 Å². The summed E-state index contributed by atoms with van der Waals surface area (Å²) in [5.41, 5.74) is 7.54. The van der Waals surface area contributed by atoms with E-state index < -0.39 is 0 Å². The van der Waals surface area contributed by atoms with Gasteiger partial charge in [-0.05, 0) is 31.4 Å². The first-order chi connectivity index (χ1) is 6.79. The third-order valence-electron chi connectivity index (χ3n) is 2.81. The van der Waals surface area contributed by atoms with Crippen LogP contribution in [-0.2, 0) is 0 Å². The molecule has 1 aliphatic rings. The Morgan fingerprint density at radius 1 is 1.43 bits per heavy atom. The molecule has 1 fully saturated rings. The van der Waals surface area contributed by atoms with Gasteiger partial charge in [0, 0.05) is 23.9 Å². The number of hydrogen-bond acceptors (Lipinski definition) is 3. The maximum Gasteiger partial charge on any atom is 0.101 e. The monoisotopic (exact) mass is 187 g/mol. The van der Waals surface area contributed by atoms with E-state index in [4.69, 9.17) is 11.0 Å². The normalized spacial score (nSPS) is 26.0. The Bertz CT molecular complexity index is 350.